The lowest BCUT2D eigenvalue weighted by Gasteiger charge is -2.29. The molecule has 1 aromatic carbocycles. The normalized spacial score (nSPS) is 22.0. The Hall–Kier alpha value is -1.09. The van der Waals surface area contributed by atoms with Gasteiger partial charge in [0.2, 0.25) is 0 Å². The van der Waals surface area contributed by atoms with Crippen LogP contribution in [0.5, 0.6) is 0 Å². The van der Waals surface area contributed by atoms with Gasteiger partial charge >= 0.3 is 0 Å². The van der Waals surface area contributed by atoms with Gasteiger partial charge in [-0.25, -0.2) is 4.39 Å². The second-order valence-corrected chi connectivity index (χ2v) is 5.73. The maximum atomic E-state index is 14.1. The molecule has 0 unspecified atom stereocenters. The van der Waals surface area contributed by atoms with Gasteiger partial charge in [0.1, 0.15) is 5.82 Å². The molecule has 1 saturated heterocycles. The lowest BCUT2D eigenvalue weighted by atomic mass is 10.0. The van der Waals surface area contributed by atoms with Crippen molar-refractivity contribution in [2.45, 2.75) is 44.1 Å². The molecule has 1 aliphatic carbocycles. The summed E-state index contributed by atoms with van der Waals surface area (Å²) in [6.07, 6.45) is 5.85. The van der Waals surface area contributed by atoms with Crippen LogP contribution >= 0.6 is 0 Å². The predicted octanol–water partition coefficient (Wildman–Crippen LogP) is 2.88. The number of benzene rings is 1. The molecule has 0 bridgehead atoms. The van der Waals surface area contributed by atoms with Gasteiger partial charge in [-0.3, -0.25) is 0 Å². The van der Waals surface area contributed by atoms with Gasteiger partial charge in [-0.05, 0) is 49.8 Å². The third-order valence-corrected chi connectivity index (χ3v) is 4.07. The van der Waals surface area contributed by atoms with E-state index in [0.29, 0.717) is 6.42 Å². The highest BCUT2D eigenvalue weighted by Crippen LogP contribution is 2.38. The highest BCUT2D eigenvalue weighted by Gasteiger charge is 2.40. The van der Waals surface area contributed by atoms with Crippen LogP contribution in [0.4, 0.5) is 10.1 Å². The van der Waals surface area contributed by atoms with Crippen LogP contribution in [-0.2, 0) is 6.42 Å². The molecule has 18 heavy (non-hydrogen) atoms. The first-order valence-electron chi connectivity index (χ1n) is 6.92. The van der Waals surface area contributed by atoms with Gasteiger partial charge in [-0.2, -0.15) is 0 Å². The van der Waals surface area contributed by atoms with E-state index >= 15 is 0 Å². The summed E-state index contributed by atoms with van der Waals surface area (Å²) < 4.78 is 14.1. The van der Waals surface area contributed by atoms with Crippen molar-refractivity contribution in [1.82, 2.24) is 0 Å². The summed E-state index contributed by atoms with van der Waals surface area (Å²) in [5.74, 6) is -0.140. The zero-order chi connectivity index (χ0) is 12.6. The molecule has 1 saturated carbocycles. The van der Waals surface area contributed by atoms with Crippen LogP contribution in [0.3, 0.4) is 0 Å². The van der Waals surface area contributed by atoms with Crippen LogP contribution in [-0.4, -0.2) is 23.8 Å². The fraction of sp³-hybridized carbons (Fsp3) is 0.600. The SMILES string of the molecule is OC1(Cc2ccc(N3CCCCC3)c(F)c2)CC1. The van der Waals surface area contributed by atoms with Crippen molar-refractivity contribution < 1.29 is 9.50 Å². The Morgan fingerprint density at radius 1 is 1.17 bits per heavy atom. The summed E-state index contributed by atoms with van der Waals surface area (Å²) in [6, 6.07) is 5.44. The van der Waals surface area contributed by atoms with E-state index in [1.54, 1.807) is 6.07 Å². The van der Waals surface area contributed by atoms with Gasteiger partial charge in [0.15, 0.2) is 0 Å². The maximum Gasteiger partial charge on any atom is 0.146 e. The topological polar surface area (TPSA) is 23.5 Å². The van der Waals surface area contributed by atoms with E-state index in [-0.39, 0.29) is 5.82 Å². The summed E-state index contributed by atoms with van der Waals surface area (Å²) in [7, 11) is 0. The van der Waals surface area contributed by atoms with Gasteiger partial charge in [0.05, 0.1) is 11.3 Å². The van der Waals surface area contributed by atoms with Crippen molar-refractivity contribution in [3.8, 4) is 0 Å². The Labute approximate surface area is 107 Å². The second-order valence-electron chi connectivity index (χ2n) is 5.73. The molecule has 0 amide bonds. The molecule has 0 spiro atoms. The molecule has 1 aromatic rings. The lowest BCUT2D eigenvalue weighted by molar-refractivity contribution is 0.151. The number of halogens is 1. The summed E-state index contributed by atoms with van der Waals surface area (Å²) in [5, 5.41) is 9.86. The molecule has 0 atom stereocenters. The molecule has 0 aromatic heterocycles. The van der Waals surface area contributed by atoms with E-state index in [4.69, 9.17) is 0 Å². The van der Waals surface area contributed by atoms with Crippen molar-refractivity contribution in [2.24, 2.45) is 0 Å². The highest BCUT2D eigenvalue weighted by atomic mass is 19.1. The summed E-state index contributed by atoms with van der Waals surface area (Å²) >= 11 is 0. The molecule has 2 nitrogen and oxygen atoms in total. The molecular formula is C15H20FNO. The first-order chi connectivity index (χ1) is 8.66. The van der Waals surface area contributed by atoms with Crippen LogP contribution in [0.1, 0.15) is 37.7 Å². The van der Waals surface area contributed by atoms with Crippen molar-refractivity contribution in [1.29, 1.82) is 0 Å². The minimum atomic E-state index is -0.543. The molecule has 0 radical (unpaired) electrons. The number of piperidine rings is 1. The van der Waals surface area contributed by atoms with E-state index < -0.39 is 5.60 Å². The molecule has 1 N–H and O–H groups in total. The van der Waals surface area contributed by atoms with Crippen molar-refractivity contribution >= 4 is 5.69 Å². The number of nitrogens with zero attached hydrogens (tertiary/aromatic N) is 1. The fourth-order valence-corrected chi connectivity index (χ4v) is 2.75. The Balaban J connectivity index is 1.75. The summed E-state index contributed by atoms with van der Waals surface area (Å²) in [5.41, 5.74) is 1.09. The number of anilines is 1. The quantitative estimate of drug-likeness (QED) is 0.890. The molecule has 2 fully saturated rings. The van der Waals surface area contributed by atoms with Gasteiger partial charge < -0.3 is 10.0 Å². The summed E-state index contributed by atoms with van der Waals surface area (Å²) in [4.78, 5) is 2.13. The smallest absolute Gasteiger partial charge is 0.146 e. The first kappa shape index (κ1) is 12.0. The van der Waals surface area contributed by atoms with Crippen LogP contribution in [0.25, 0.3) is 0 Å². The molecule has 98 valence electrons. The average molecular weight is 249 g/mol. The molecular weight excluding hydrogens is 229 g/mol. The number of hydrogen-bond donors (Lipinski definition) is 1. The van der Waals surface area contributed by atoms with E-state index in [2.05, 4.69) is 4.90 Å². The third kappa shape index (κ3) is 2.51. The monoisotopic (exact) mass is 249 g/mol. The Kier molecular flexibility index (Phi) is 3.02. The van der Waals surface area contributed by atoms with E-state index in [9.17, 15) is 9.50 Å². The zero-order valence-electron chi connectivity index (χ0n) is 10.7. The number of hydrogen-bond acceptors (Lipinski definition) is 2. The highest BCUT2D eigenvalue weighted by molar-refractivity contribution is 5.49. The average Bonchev–Trinajstić information content (AvgIpc) is 3.08. The van der Waals surface area contributed by atoms with E-state index in [1.165, 1.54) is 6.42 Å². The molecule has 3 heteroatoms. The van der Waals surface area contributed by atoms with Crippen LogP contribution in [0, 0.1) is 5.82 Å². The number of rotatable bonds is 3. The lowest BCUT2D eigenvalue weighted by Crippen LogP contribution is -2.30. The third-order valence-electron chi connectivity index (χ3n) is 4.07. The second kappa shape index (κ2) is 4.54. The van der Waals surface area contributed by atoms with Gasteiger partial charge in [-0.15, -0.1) is 0 Å². The molecule has 3 rings (SSSR count). The maximum absolute atomic E-state index is 14.1. The molecule has 1 heterocycles. The minimum Gasteiger partial charge on any atom is -0.390 e. The minimum absolute atomic E-state index is 0.140. The van der Waals surface area contributed by atoms with Crippen LogP contribution in [0.2, 0.25) is 0 Å². The van der Waals surface area contributed by atoms with Gasteiger partial charge in [0.25, 0.3) is 0 Å². The van der Waals surface area contributed by atoms with Crippen molar-refractivity contribution in [3.05, 3.63) is 29.6 Å². The van der Waals surface area contributed by atoms with Crippen LogP contribution in [0.15, 0.2) is 18.2 Å². The zero-order valence-corrected chi connectivity index (χ0v) is 10.7. The molecule has 2 aliphatic rings. The standard InChI is InChI=1S/C15H20FNO/c16-13-10-12(11-15(18)6-7-15)4-5-14(13)17-8-2-1-3-9-17/h4-5,10,18H,1-3,6-9,11H2. The van der Waals surface area contributed by atoms with Crippen LogP contribution < -0.4 is 4.90 Å². The Bertz CT molecular complexity index is 436. The predicted molar refractivity (Wildman–Crippen MR) is 70.4 cm³/mol. The molecule has 1 aliphatic heterocycles. The summed E-state index contributed by atoms with van der Waals surface area (Å²) in [6.45, 7) is 1.92. The van der Waals surface area contributed by atoms with Gasteiger partial charge in [0, 0.05) is 19.5 Å². The number of aliphatic hydroxyl groups is 1. The first-order valence-corrected chi connectivity index (χ1v) is 6.92. The van der Waals surface area contributed by atoms with E-state index in [1.807, 2.05) is 12.1 Å². The van der Waals surface area contributed by atoms with E-state index in [0.717, 1.165) is 50.0 Å². The largest absolute Gasteiger partial charge is 0.390 e. The van der Waals surface area contributed by atoms with Crippen molar-refractivity contribution in [2.75, 3.05) is 18.0 Å². The fourth-order valence-electron chi connectivity index (χ4n) is 2.75. The Morgan fingerprint density at radius 3 is 2.50 bits per heavy atom. The van der Waals surface area contributed by atoms with Crippen molar-refractivity contribution in [3.63, 3.8) is 0 Å². The Morgan fingerprint density at radius 2 is 1.89 bits per heavy atom. The van der Waals surface area contributed by atoms with Gasteiger partial charge in [-0.1, -0.05) is 6.07 Å².